The highest BCUT2D eigenvalue weighted by molar-refractivity contribution is 6.35. The first-order chi connectivity index (χ1) is 13.5. The molecule has 2 atom stereocenters. The molecule has 2 unspecified atom stereocenters. The predicted octanol–water partition coefficient (Wildman–Crippen LogP) is 4.89. The third-order valence-corrected chi connectivity index (χ3v) is 5.60. The van der Waals surface area contributed by atoms with Gasteiger partial charge in [0.15, 0.2) is 0 Å². The van der Waals surface area contributed by atoms with Crippen molar-refractivity contribution in [2.24, 2.45) is 5.92 Å². The summed E-state index contributed by atoms with van der Waals surface area (Å²) in [5.41, 5.74) is 1.94. The smallest absolute Gasteiger partial charge is 0.315 e. The lowest BCUT2D eigenvalue weighted by Crippen LogP contribution is -2.40. The molecule has 1 heterocycles. The van der Waals surface area contributed by atoms with Crippen molar-refractivity contribution in [2.75, 3.05) is 31.6 Å². The largest absolute Gasteiger partial charge is 0.495 e. The second-order valence-electron chi connectivity index (χ2n) is 7.01. The van der Waals surface area contributed by atoms with E-state index in [4.69, 9.17) is 27.9 Å². The highest BCUT2D eigenvalue weighted by Crippen LogP contribution is 2.31. The van der Waals surface area contributed by atoms with Crippen LogP contribution in [0.1, 0.15) is 24.9 Å². The Morgan fingerprint density at radius 3 is 2.82 bits per heavy atom. The summed E-state index contributed by atoms with van der Waals surface area (Å²) in [4.78, 5) is 14.6. The summed E-state index contributed by atoms with van der Waals surface area (Å²) in [6, 6.07) is 12.9. The van der Waals surface area contributed by atoms with Gasteiger partial charge in [-0.25, -0.2) is 4.79 Å². The topological polar surface area (TPSA) is 53.6 Å². The highest BCUT2D eigenvalue weighted by Gasteiger charge is 2.25. The molecule has 1 fully saturated rings. The third-order valence-electron chi connectivity index (χ3n) is 5.04. The monoisotopic (exact) mass is 421 g/mol. The molecule has 2 aromatic carbocycles. The molecule has 1 saturated heterocycles. The first-order valence-electron chi connectivity index (χ1n) is 9.35. The normalized spacial score (nSPS) is 17.3. The average Bonchev–Trinajstić information content (AvgIpc) is 3.15. The van der Waals surface area contributed by atoms with Crippen molar-refractivity contribution >= 4 is 34.9 Å². The van der Waals surface area contributed by atoms with Gasteiger partial charge in [0.25, 0.3) is 0 Å². The van der Waals surface area contributed by atoms with Gasteiger partial charge in [0.05, 0.1) is 18.8 Å². The highest BCUT2D eigenvalue weighted by atomic mass is 35.5. The number of halogens is 2. The van der Waals surface area contributed by atoms with Crippen molar-refractivity contribution < 1.29 is 9.53 Å². The molecule has 1 aliphatic rings. The number of nitrogens with zero attached hydrogens (tertiary/aromatic N) is 1. The van der Waals surface area contributed by atoms with Gasteiger partial charge in [-0.15, -0.1) is 0 Å². The van der Waals surface area contributed by atoms with Crippen LogP contribution in [-0.4, -0.2) is 32.8 Å². The summed E-state index contributed by atoms with van der Waals surface area (Å²) in [5, 5.41) is 7.03. The first-order valence-corrected chi connectivity index (χ1v) is 10.1. The van der Waals surface area contributed by atoms with Gasteiger partial charge in [-0.05, 0) is 49.1 Å². The van der Waals surface area contributed by atoms with Crippen LogP contribution in [0.25, 0.3) is 0 Å². The Kier molecular flexibility index (Phi) is 6.92. The number of hydrogen-bond donors (Lipinski definition) is 2. The molecule has 1 aliphatic heterocycles. The van der Waals surface area contributed by atoms with Crippen LogP contribution in [0.5, 0.6) is 5.75 Å². The van der Waals surface area contributed by atoms with Gasteiger partial charge < -0.3 is 20.3 Å². The molecule has 0 radical (unpaired) electrons. The quantitative estimate of drug-likeness (QED) is 0.697. The first kappa shape index (κ1) is 20.6. The molecule has 5 nitrogen and oxygen atoms in total. The number of anilines is 1. The molecular weight excluding hydrogens is 397 g/mol. The number of benzene rings is 2. The maximum Gasteiger partial charge on any atom is 0.315 e. The molecular formula is C21H25Cl2N3O2. The van der Waals surface area contributed by atoms with E-state index in [0.29, 0.717) is 22.5 Å². The van der Waals surface area contributed by atoms with Gasteiger partial charge in [0, 0.05) is 29.7 Å². The lowest BCUT2D eigenvalue weighted by atomic mass is 10.1. The molecule has 2 N–H and O–H groups in total. The summed E-state index contributed by atoms with van der Waals surface area (Å²) in [5.74, 6) is 1.27. The van der Waals surface area contributed by atoms with E-state index in [9.17, 15) is 4.79 Å². The summed E-state index contributed by atoms with van der Waals surface area (Å²) >= 11 is 12.1. The predicted molar refractivity (Wildman–Crippen MR) is 115 cm³/mol. The standard InChI is InChI=1S/C21H25Cl2N3O2/c1-14(17-8-7-16(22)11-18(17)23)25-21(27)24-12-15-9-10-26(13-15)19-5-3-4-6-20(19)28-2/h3-8,11,14-15H,9-10,12-13H2,1-2H3,(H2,24,25,27). The van der Waals surface area contributed by atoms with Crippen molar-refractivity contribution in [3.63, 3.8) is 0 Å². The van der Waals surface area contributed by atoms with E-state index in [1.54, 1.807) is 19.2 Å². The van der Waals surface area contributed by atoms with Gasteiger partial charge in [0.2, 0.25) is 0 Å². The lowest BCUT2D eigenvalue weighted by Gasteiger charge is -2.21. The van der Waals surface area contributed by atoms with E-state index in [-0.39, 0.29) is 12.1 Å². The van der Waals surface area contributed by atoms with Crippen LogP contribution in [0, 0.1) is 5.92 Å². The minimum absolute atomic E-state index is 0.200. The van der Waals surface area contributed by atoms with Crippen LogP contribution in [0.4, 0.5) is 10.5 Å². The maximum atomic E-state index is 12.3. The molecule has 2 aromatic rings. The zero-order chi connectivity index (χ0) is 20.1. The number of para-hydroxylation sites is 2. The molecule has 0 spiro atoms. The molecule has 2 amide bonds. The van der Waals surface area contributed by atoms with Crippen LogP contribution in [0.15, 0.2) is 42.5 Å². The molecule has 150 valence electrons. The minimum Gasteiger partial charge on any atom is -0.495 e. The lowest BCUT2D eigenvalue weighted by molar-refractivity contribution is 0.236. The Balaban J connectivity index is 1.49. The van der Waals surface area contributed by atoms with E-state index < -0.39 is 0 Å². The number of carbonyl (C=O) groups is 1. The molecule has 0 aliphatic carbocycles. The van der Waals surface area contributed by atoms with E-state index >= 15 is 0 Å². The fourth-order valence-electron chi connectivity index (χ4n) is 3.52. The van der Waals surface area contributed by atoms with Crippen LogP contribution in [-0.2, 0) is 0 Å². The zero-order valence-corrected chi connectivity index (χ0v) is 17.6. The Bertz CT molecular complexity index is 831. The minimum atomic E-state index is -0.210. The van der Waals surface area contributed by atoms with Crippen LogP contribution in [0.3, 0.4) is 0 Å². The third kappa shape index (κ3) is 5.03. The van der Waals surface area contributed by atoms with Crippen molar-refractivity contribution in [1.29, 1.82) is 0 Å². The van der Waals surface area contributed by atoms with Gasteiger partial charge >= 0.3 is 6.03 Å². The summed E-state index contributed by atoms with van der Waals surface area (Å²) in [6.45, 7) is 4.36. The van der Waals surface area contributed by atoms with Gasteiger partial charge in [0.1, 0.15) is 5.75 Å². The molecule has 0 saturated carbocycles. The molecule has 3 rings (SSSR count). The number of rotatable bonds is 6. The van der Waals surface area contributed by atoms with E-state index in [2.05, 4.69) is 21.6 Å². The number of urea groups is 1. The summed E-state index contributed by atoms with van der Waals surface area (Å²) < 4.78 is 5.45. The van der Waals surface area contributed by atoms with Crippen molar-refractivity contribution in [2.45, 2.75) is 19.4 Å². The fourth-order valence-corrected chi connectivity index (χ4v) is 4.10. The molecule has 28 heavy (non-hydrogen) atoms. The molecule has 0 bridgehead atoms. The van der Waals surface area contributed by atoms with Crippen molar-refractivity contribution in [1.82, 2.24) is 10.6 Å². The number of amides is 2. The molecule has 0 aromatic heterocycles. The van der Waals surface area contributed by atoms with E-state index in [1.165, 1.54) is 0 Å². The number of hydrogen-bond acceptors (Lipinski definition) is 3. The van der Waals surface area contributed by atoms with Crippen LogP contribution in [0.2, 0.25) is 10.0 Å². The molecule has 7 heteroatoms. The Morgan fingerprint density at radius 1 is 1.29 bits per heavy atom. The Labute approximate surface area is 176 Å². The second-order valence-corrected chi connectivity index (χ2v) is 7.86. The summed E-state index contributed by atoms with van der Waals surface area (Å²) in [7, 11) is 1.69. The van der Waals surface area contributed by atoms with Gasteiger partial charge in [-0.3, -0.25) is 0 Å². The number of carbonyl (C=O) groups excluding carboxylic acids is 1. The Morgan fingerprint density at radius 2 is 2.07 bits per heavy atom. The van der Waals surface area contributed by atoms with E-state index in [0.717, 1.165) is 36.5 Å². The van der Waals surface area contributed by atoms with Crippen LogP contribution < -0.4 is 20.3 Å². The average molecular weight is 422 g/mol. The van der Waals surface area contributed by atoms with Crippen LogP contribution >= 0.6 is 23.2 Å². The van der Waals surface area contributed by atoms with Crippen molar-refractivity contribution in [3.8, 4) is 5.75 Å². The Hall–Kier alpha value is -2.11. The number of nitrogens with one attached hydrogen (secondary N) is 2. The maximum absolute atomic E-state index is 12.3. The SMILES string of the molecule is COc1ccccc1N1CCC(CNC(=O)NC(C)c2ccc(Cl)cc2Cl)C1. The van der Waals surface area contributed by atoms with Gasteiger partial charge in [-0.2, -0.15) is 0 Å². The van der Waals surface area contributed by atoms with E-state index in [1.807, 2.05) is 31.2 Å². The number of methoxy groups -OCH3 is 1. The second kappa shape index (κ2) is 9.39. The fraction of sp³-hybridized carbons (Fsp3) is 0.381. The zero-order valence-electron chi connectivity index (χ0n) is 16.0. The number of ether oxygens (including phenoxy) is 1. The van der Waals surface area contributed by atoms with Crippen molar-refractivity contribution in [3.05, 3.63) is 58.1 Å². The van der Waals surface area contributed by atoms with Gasteiger partial charge in [-0.1, -0.05) is 41.4 Å². The summed E-state index contributed by atoms with van der Waals surface area (Å²) in [6.07, 6.45) is 1.02.